The first kappa shape index (κ1) is 19.2. The Morgan fingerprint density at radius 1 is 1.03 bits per heavy atom. The lowest BCUT2D eigenvalue weighted by molar-refractivity contribution is -0.147. The van der Waals surface area contributed by atoms with E-state index in [-0.39, 0.29) is 0 Å². The topological polar surface area (TPSA) is 70.1 Å². The molecule has 3 aromatic rings. The number of hydrogen-bond donors (Lipinski definition) is 0. The Morgan fingerprint density at radius 3 is 2.34 bits per heavy atom. The molecule has 0 bridgehead atoms. The van der Waals surface area contributed by atoms with Crippen LogP contribution in [0.3, 0.4) is 0 Å². The molecule has 1 fully saturated rings. The molecule has 6 nitrogen and oxygen atoms in total. The van der Waals surface area contributed by atoms with Crippen LogP contribution in [0.25, 0.3) is 10.9 Å². The van der Waals surface area contributed by atoms with E-state index < -0.39 is 29.4 Å². The van der Waals surface area contributed by atoms with Gasteiger partial charge in [0.15, 0.2) is 0 Å². The van der Waals surface area contributed by atoms with E-state index in [0.29, 0.717) is 11.1 Å². The van der Waals surface area contributed by atoms with Crippen molar-refractivity contribution in [2.24, 2.45) is 0 Å². The lowest BCUT2D eigenvalue weighted by Crippen LogP contribution is -2.27. The summed E-state index contributed by atoms with van der Waals surface area (Å²) in [5, 5.41) is 0.738. The molecule has 0 aliphatic carbocycles. The Kier molecular flexibility index (Phi) is 4.46. The number of carbonyl (C=O) groups excluding carboxylic acids is 2. The summed E-state index contributed by atoms with van der Waals surface area (Å²) in [6, 6.07) is 16.9. The zero-order valence-corrected chi connectivity index (χ0v) is 16.8. The van der Waals surface area contributed by atoms with Gasteiger partial charge in [-0.15, -0.1) is 0 Å². The Balaban J connectivity index is 1.86. The fourth-order valence-electron chi connectivity index (χ4n) is 3.64. The molecule has 0 radical (unpaired) electrons. The van der Waals surface area contributed by atoms with Gasteiger partial charge in [-0.1, -0.05) is 48.5 Å². The van der Waals surface area contributed by atoms with Crippen LogP contribution in [0.4, 0.5) is 4.79 Å². The molecular formula is C23H23NO5. The van der Waals surface area contributed by atoms with E-state index in [0.717, 1.165) is 10.9 Å². The number of benzene rings is 2. The quantitative estimate of drug-likeness (QED) is 0.482. The molecule has 29 heavy (non-hydrogen) atoms. The average Bonchev–Trinajstić information content (AvgIpc) is 3.33. The number of methoxy groups -OCH3 is 1. The minimum Gasteiger partial charge on any atom is -0.467 e. The number of fused-ring (bicyclic) bond motifs is 1. The summed E-state index contributed by atoms with van der Waals surface area (Å²) in [7, 11) is 1.33. The van der Waals surface area contributed by atoms with Crippen LogP contribution < -0.4 is 0 Å². The second-order valence-corrected chi connectivity index (χ2v) is 8.05. The van der Waals surface area contributed by atoms with Gasteiger partial charge in [-0.2, -0.15) is 0 Å². The van der Waals surface area contributed by atoms with Crippen molar-refractivity contribution in [2.45, 2.75) is 38.1 Å². The van der Waals surface area contributed by atoms with Crippen LogP contribution in [0.15, 0.2) is 60.8 Å². The van der Waals surface area contributed by atoms with Crippen molar-refractivity contribution in [1.82, 2.24) is 4.57 Å². The number of aromatic nitrogens is 1. The summed E-state index contributed by atoms with van der Waals surface area (Å²) < 4.78 is 18.0. The van der Waals surface area contributed by atoms with Crippen LogP contribution in [-0.2, 0) is 24.6 Å². The minimum absolute atomic E-state index is 0.492. The Bertz CT molecular complexity index is 1080. The van der Waals surface area contributed by atoms with Crippen molar-refractivity contribution in [3.8, 4) is 0 Å². The van der Waals surface area contributed by atoms with Crippen molar-refractivity contribution in [3.63, 3.8) is 0 Å². The number of carbonyl (C=O) groups is 2. The highest BCUT2D eigenvalue weighted by molar-refractivity contribution is 5.98. The smallest absolute Gasteiger partial charge is 0.419 e. The maximum atomic E-state index is 12.9. The number of esters is 1. The second kappa shape index (κ2) is 6.74. The molecule has 4 rings (SSSR count). The first-order chi connectivity index (χ1) is 13.8. The van der Waals surface area contributed by atoms with Gasteiger partial charge in [0.2, 0.25) is 5.60 Å². The fourth-order valence-corrected chi connectivity index (χ4v) is 3.64. The number of hydrogen-bond acceptors (Lipinski definition) is 5. The van der Waals surface area contributed by atoms with E-state index in [2.05, 4.69) is 0 Å². The molecular weight excluding hydrogens is 370 g/mol. The van der Waals surface area contributed by atoms with E-state index in [1.54, 1.807) is 6.20 Å². The molecule has 1 saturated heterocycles. The van der Waals surface area contributed by atoms with Gasteiger partial charge in [-0.05, 0) is 32.4 Å². The van der Waals surface area contributed by atoms with Gasteiger partial charge in [0.05, 0.1) is 12.6 Å². The summed E-state index contributed by atoms with van der Waals surface area (Å²) in [4.78, 5) is 25.7. The SMILES string of the molecule is COC(=O)[C@]1(c2cn(C(=O)OC(C)(C)C)c3ccccc23)O[C@@H]1c1ccccc1. The van der Waals surface area contributed by atoms with Gasteiger partial charge in [0.25, 0.3) is 0 Å². The van der Waals surface area contributed by atoms with E-state index in [9.17, 15) is 9.59 Å². The normalized spacial score (nSPS) is 21.0. The van der Waals surface area contributed by atoms with Crippen molar-refractivity contribution in [3.05, 3.63) is 71.9 Å². The highest BCUT2D eigenvalue weighted by Crippen LogP contribution is 2.59. The summed E-state index contributed by atoms with van der Waals surface area (Å²) in [5.41, 5.74) is 0.142. The maximum absolute atomic E-state index is 12.9. The number of rotatable bonds is 3. The molecule has 0 N–H and O–H groups in total. The van der Waals surface area contributed by atoms with Gasteiger partial charge < -0.3 is 14.2 Å². The first-order valence-corrected chi connectivity index (χ1v) is 9.43. The number of ether oxygens (including phenoxy) is 3. The fraction of sp³-hybridized carbons (Fsp3) is 0.304. The Labute approximate surface area is 169 Å². The zero-order valence-electron chi connectivity index (χ0n) is 16.8. The molecule has 1 aromatic heterocycles. The van der Waals surface area contributed by atoms with E-state index in [4.69, 9.17) is 14.2 Å². The Hall–Kier alpha value is -3.12. The minimum atomic E-state index is -1.30. The summed E-state index contributed by atoms with van der Waals surface area (Å²) >= 11 is 0. The highest BCUT2D eigenvalue weighted by atomic mass is 16.7. The average molecular weight is 393 g/mol. The summed E-state index contributed by atoms with van der Waals surface area (Å²) in [6.45, 7) is 5.43. The molecule has 0 unspecified atom stereocenters. The summed E-state index contributed by atoms with van der Waals surface area (Å²) in [6.07, 6.45) is 0.615. The van der Waals surface area contributed by atoms with Crippen LogP contribution in [0.1, 0.15) is 38.0 Å². The third kappa shape index (κ3) is 3.19. The van der Waals surface area contributed by atoms with Crippen LogP contribution in [-0.4, -0.2) is 29.3 Å². The monoisotopic (exact) mass is 393 g/mol. The lowest BCUT2D eigenvalue weighted by Gasteiger charge is -2.19. The second-order valence-electron chi connectivity index (χ2n) is 8.05. The third-order valence-corrected chi connectivity index (χ3v) is 4.91. The largest absolute Gasteiger partial charge is 0.467 e. The molecule has 6 heteroatoms. The highest BCUT2D eigenvalue weighted by Gasteiger charge is 2.66. The third-order valence-electron chi connectivity index (χ3n) is 4.91. The lowest BCUT2D eigenvalue weighted by atomic mass is 9.91. The zero-order chi connectivity index (χ0) is 20.8. The molecule has 0 saturated carbocycles. The van der Waals surface area contributed by atoms with Crippen LogP contribution >= 0.6 is 0 Å². The van der Waals surface area contributed by atoms with E-state index >= 15 is 0 Å². The number of nitrogens with zero attached hydrogens (tertiary/aromatic N) is 1. The predicted molar refractivity (Wildman–Crippen MR) is 108 cm³/mol. The van der Waals surface area contributed by atoms with Gasteiger partial charge in [0, 0.05) is 17.1 Å². The van der Waals surface area contributed by atoms with Crippen LogP contribution in [0.5, 0.6) is 0 Å². The maximum Gasteiger partial charge on any atom is 0.419 e. The van der Waals surface area contributed by atoms with Gasteiger partial charge in [0.1, 0.15) is 11.7 Å². The molecule has 2 atom stereocenters. The molecule has 0 amide bonds. The van der Waals surface area contributed by atoms with Crippen LogP contribution in [0.2, 0.25) is 0 Å². The molecule has 1 aliphatic rings. The molecule has 2 heterocycles. The van der Waals surface area contributed by atoms with Crippen LogP contribution in [0, 0.1) is 0 Å². The predicted octanol–water partition coefficient (Wildman–Crippen LogP) is 4.56. The van der Waals surface area contributed by atoms with Gasteiger partial charge in [-0.25, -0.2) is 9.59 Å². The molecule has 150 valence electrons. The standard InChI is InChI=1S/C23H23NO5/c1-22(2,3)29-21(26)24-14-17(16-12-8-9-13-18(16)24)23(20(25)27-4)19(28-23)15-10-6-5-7-11-15/h5-14,19H,1-4H3/t19-,23-/m1/s1. The van der Waals surface area contributed by atoms with Gasteiger partial charge >= 0.3 is 12.1 Å². The van der Waals surface area contributed by atoms with Crippen molar-refractivity contribution in [1.29, 1.82) is 0 Å². The molecule has 0 spiro atoms. The molecule has 2 aromatic carbocycles. The summed E-state index contributed by atoms with van der Waals surface area (Å²) in [5.74, 6) is -0.501. The Morgan fingerprint density at radius 2 is 1.69 bits per heavy atom. The van der Waals surface area contributed by atoms with E-state index in [1.165, 1.54) is 11.7 Å². The van der Waals surface area contributed by atoms with Gasteiger partial charge in [-0.3, -0.25) is 4.57 Å². The van der Waals surface area contributed by atoms with E-state index in [1.807, 2.05) is 75.4 Å². The number of para-hydroxylation sites is 1. The number of epoxide rings is 1. The first-order valence-electron chi connectivity index (χ1n) is 9.43. The molecule has 1 aliphatic heterocycles. The van der Waals surface area contributed by atoms with Crippen molar-refractivity contribution < 1.29 is 23.8 Å². The van der Waals surface area contributed by atoms with Crippen molar-refractivity contribution in [2.75, 3.05) is 7.11 Å². The van der Waals surface area contributed by atoms with Crippen molar-refractivity contribution >= 4 is 23.0 Å².